The molecule has 1 fully saturated rings. The summed E-state index contributed by atoms with van der Waals surface area (Å²) in [5.74, 6) is 2.15. The maximum atomic E-state index is 10.5. The maximum absolute atomic E-state index is 10.5. The number of likely N-dealkylation sites (tertiary alicyclic amines) is 1. The van der Waals surface area contributed by atoms with Crippen molar-refractivity contribution in [3.05, 3.63) is 52.5 Å². The zero-order valence-electron chi connectivity index (χ0n) is 13.4. The second-order valence-electron chi connectivity index (χ2n) is 6.31. The minimum absolute atomic E-state index is 0.317. The Balaban J connectivity index is 1.32. The van der Waals surface area contributed by atoms with Crippen molar-refractivity contribution in [3.63, 3.8) is 0 Å². The fraction of sp³-hybridized carbons (Fsp3) is 0.389. The maximum Gasteiger partial charge on any atom is 0.152 e. The van der Waals surface area contributed by atoms with Crippen LogP contribution in [-0.2, 0) is 6.54 Å². The van der Waals surface area contributed by atoms with Gasteiger partial charge >= 0.3 is 0 Å². The smallest absolute Gasteiger partial charge is 0.152 e. The van der Waals surface area contributed by atoms with Gasteiger partial charge in [0.2, 0.25) is 0 Å². The van der Waals surface area contributed by atoms with Gasteiger partial charge in [0.05, 0.1) is 12.6 Å². The van der Waals surface area contributed by atoms with E-state index in [2.05, 4.69) is 15.1 Å². The number of H-pyrrole nitrogens is 1. The summed E-state index contributed by atoms with van der Waals surface area (Å²) in [6.07, 6.45) is 3.45. The van der Waals surface area contributed by atoms with Gasteiger partial charge in [0.1, 0.15) is 11.5 Å². The van der Waals surface area contributed by atoms with Gasteiger partial charge in [-0.3, -0.25) is 10.00 Å². The summed E-state index contributed by atoms with van der Waals surface area (Å²) in [6.45, 7) is 2.80. The van der Waals surface area contributed by atoms with Crippen molar-refractivity contribution >= 4 is 11.3 Å². The third-order valence-corrected chi connectivity index (χ3v) is 5.66. The highest BCUT2D eigenvalue weighted by atomic mass is 32.1. The SMILES string of the molecule is O[C@H](c1cccs1)C1CCN(Cc2ccc(-c3ccn[nH]3)o2)CC1. The van der Waals surface area contributed by atoms with E-state index in [-0.39, 0.29) is 6.10 Å². The molecule has 1 saturated heterocycles. The summed E-state index contributed by atoms with van der Waals surface area (Å²) in [5, 5.41) is 19.4. The number of aliphatic hydroxyl groups excluding tert-OH is 1. The predicted molar refractivity (Wildman–Crippen MR) is 93.6 cm³/mol. The van der Waals surface area contributed by atoms with E-state index in [9.17, 15) is 5.11 Å². The molecule has 0 aromatic carbocycles. The molecule has 6 heteroatoms. The summed E-state index contributed by atoms with van der Waals surface area (Å²) in [6, 6.07) is 9.95. The van der Waals surface area contributed by atoms with Gasteiger partial charge in [-0.25, -0.2) is 0 Å². The Labute approximate surface area is 144 Å². The van der Waals surface area contributed by atoms with E-state index >= 15 is 0 Å². The predicted octanol–water partition coefficient (Wildman–Crippen LogP) is 3.68. The highest BCUT2D eigenvalue weighted by Gasteiger charge is 2.27. The Morgan fingerprint density at radius 2 is 2.17 bits per heavy atom. The van der Waals surface area contributed by atoms with Gasteiger partial charge < -0.3 is 9.52 Å². The summed E-state index contributed by atoms with van der Waals surface area (Å²) in [4.78, 5) is 3.48. The topological polar surface area (TPSA) is 65.3 Å². The average Bonchev–Trinajstić information content (AvgIpc) is 3.36. The molecule has 24 heavy (non-hydrogen) atoms. The van der Waals surface area contributed by atoms with E-state index in [0.29, 0.717) is 5.92 Å². The minimum atomic E-state index is -0.317. The van der Waals surface area contributed by atoms with E-state index in [1.165, 1.54) is 0 Å². The van der Waals surface area contributed by atoms with Crippen LogP contribution in [0.15, 0.2) is 46.3 Å². The lowest BCUT2D eigenvalue weighted by Gasteiger charge is -2.33. The van der Waals surface area contributed by atoms with Gasteiger partial charge in [-0.2, -0.15) is 5.10 Å². The van der Waals surface area contributed by atoms with Crippen molar-refractivity contribution in [3.8, 4) is 11.5 Å². The first kappa shape index (κ1) is 15.6. The van der Waals surface area contributed by atoms with Crippen LogP contribution < -0.4 is 0 Å². The molecule has 4 heterocycles. The van der Waals surface area contributed by atoms with Crippen LogP contribution in [0, 0.1) is 5.92 Å². The normalized spacial score (nSPS) is 18.0. The number of furan rings is 1. The van der Waals surface area contributed by atoms with Crippen LogP contribution in [0.3, 0.4) is 0 Å². The molecule has 0 aliphatic carbocycles. The third kappa shape index (κ3) is 3.31. The number of aliphatic hydroxyl groups is 1. The molecular weight excluding hydrogens is 322 g/mol. The van der Waals surface area contributed by atoms with Crippen LogP contribution in [0.2, 0.25) is 0 Å². The fourth-order valence-electron chi connectivity index (χ4n) is 3.34. The van der Waals surface area contributed by atoms with Crippen LogP contribution in [-0.4, -0.2) is 33.3 Å². The third-order valence-electron chi connectivity index (χ3n) is 4.72. The van der Waals surface area contributed by atoms with Gasteiger partial charge in [-0.05, 0) is 61.5 Å². The quantitative estimate of drug-likeness (QED) is 0.742. The summed E-state index contributed by atoms with van der Waals surface area (Å²) >= 11 is 1.64. The second-order valence-corrected chi connectivity index (χ2v) is 7.29. The fourth-order valence-corrected chi connectivity index (χ4v) is 4.14. The zero-order valence-corrected chi connectivity index (χ0v) is 14.2. The van der Waals surface area contributed by atoms with Crippen molar-refractivity contribution in [2.24, 2.45) is 5.92 Å². The summed E-state index contributed by atoms with van der Waals surface area (Å²) < 4.78 is 5.90. The molecular formula is C18H21N3O2S. The molecule has 0 saturated carbocycles. The number of nitrogens with one attached hydrogen (secondary N) is 1. The van der Waals surface area contributed by atoms with Crippen LogP contribution in [0.25, 0.3) is 11.5 Å². The monoisotopic (exact) mass is 343 g/mol. The van der Waals surface area contributed by atoms with Crippen LogP contribution in [0.4, 0.5) is 0 Å². The molecule has 3 aromatic heterocycles. The van der Waals surface area contributed by atoms with Crippen LogP contribution >= 0.6 is 11.3 Å². The molecule has 0 spiro atoms. The molecule has 3 aromatic rings. The highest BCUT2D eigenvalue weighted by molar-refractivity contribution is 7.10. The lowest BCUT2D eigenvalue weighted by Crippen LogP contribution is -2.35. The average molecular weight is 343 g/mol. The number of hydrogen-bond donors (Lipinski definition) is 2. The van der Waals surface area contributed by atoms with E-state index in [0.717, 1.165) is 54.6 Å². The Hall–Kier alpha value is -1.89. The van der Waals surface area contributed by atoms with E-state index in [1.54, 1.807) is 17.5 Å². The van der Waals surface area contributed by atoms with Crippen molar-refractivity contribution in [1.29, 1.82) is 0 Å². The lowest BCUT2D eigenvalue weighted by molar-refractivity contribution is 0.0572. The molecule has 0 bridgehead atoms. The lowest BCUT2D eigenvalue weighted by atomic mass is 9.90. The number of piperidine rings is 1. The number of hydrogen-bond acceptors (Lipinski definition) is 5. The molecule has 2 N–H and O–H groups in total. The van der Waals surface area contributed by atoms with Crippen LogP contribution in [0.1, 0.15) is 29.6 Å². The van der Waals surface area contributed by atoms with Crippen molar-refractivity contribution < 1.29 is 9.52 Å². The van der Waals surface area contributed by atoms with Gasteiger partial charge in [0, 0.05) is 11.1 Å². The molecule has 126 valence electrons. The summed E-state index contributed by atoms with van der Waals surface area (Å²) in [5.41, 5.74) is 0.902. The number of nitrogens with zero attached hydrogens (tertiary/aromatic N) is 2. The largest absolute Gasteiger partial charge is 0.458 e. The van der Waals surface area contributed by atoms with Gasteiger partial charge in [-0.1, -0.05) is 6.07 Å². The Kier molecular flexibility index (Phi) is 4.51. The van der Waals surface area contributed by atoms with Crippen molar-refractivity contribution in [2.45, 2.75) is 25.5 Å². The number of rotatable bonds is 5. The number of aromatic amines is 1. The van der Waals surface area contributed by atoms with Gasteiger partial charge in [0.15, 0.2) is 5.76 Å². The standard InChI is InChI=1S/C18H21N3O2S/c22-18(17-2-1-11-24-17)13-6-9-21(10-7-13)12-14-3-4-16(23-14)15-5-8-19-20-15/h1-5,8,11,13,18,22H,6-7,9-10,12H2,(H,19,20)/t18-/m0/s1. The van der Waals surface area contributed by atoms with Gasteiger partial charge in [0.25, 0.3) is 0 Å². The number of thiophene rings is 1. The van der Waals surface area contributed by atoms with Crippen molar-refractivity contribution in [2.75, 3.05) is 13.1 Å². The molecule has 4 rings (SSSR count). The van der Waals surface area contributed by atoms with Gasteiger partial charge in [-0.15, -0.1) is 11.3 Å². The minimum Gasteiger partial charge on any atom is -0.458 e. The van der Waals surface area contributed by atoms with Crippen LogP contribution in [0.5, 0.6) is 0 Å². The summed E-state index contributed by atoms with van der Waals surface area (Å²) in [7, 11) is 0. The Morgan fingerprint density at radius 3 is 2.88 bits per heavy atom. The molecule has 0 amide bonds. The Bertz CT molecular complexity index is 743. The molecule has 0 radical (unpaired) electrons. The molecule has 5 nitrogen and oxygen atoms in total. The Morgan fingerprint density at radius 1 is 1.29 bits per heavy atom. The van der Waals surface area contributed by atoms with E-state index in [4.69, 9.17) is 4.42 Å². The molecule has 0 unspecified atom stereocenters. The number of aromatic nitrogens is 2. The van der Waals surface area contributed by atoms with Crippen molar-refractivity contribution in [1.82, 2.24) is 15.1 Å². The highest BCUT2D eigenvalue weighted by Crippen LogP contribution is 2.33. The first-order chi connectivity index (χ1) is 11.8. The molecule has 1 aliphatic heterocycles. The second kappa shape index (κ2) is 6.93. The first-order valence-corrected chi connectivity index (χ1v) is 9.20. The first-order valence-electron chi connectivity index (χ1n) is 8.32. The van der Waals surface area contributed by atoms with E-state index in [1.807, 2.05) is 35.7 Å². The molecule has 1 aliphatic rings. The van der Waals surface area contributed by atoms with E-state index < -0.39 is 0 Å². The zero-order chi connectivity index (χ0) is 16.4. The molecule has 1 atom stereocenters.